The minimum atomic E-state index is -0.170. The van der Waals surface area contributed by atoms with E-state index in [1.54, 1.807) is 0 Å². The van der Waals surface area contributed by atoms with Gasteiger partial charge in [0.05, 0.1) is 11.1 Å². The van der Waals surface area contributed by atoms with E-state index in [0.29, 0.717) is 10.9 Å². The molecular formula is C15H22N2OS. The normalized spacial score (nSPS) is 26.0. The second-order valence-corrected chi connectivity index (χ2v) is 5.93. The van der Waals surface area contributed by atoms with Crippen molar-refractivity contribution in [2.45, 2.75) is 25.4 Å². The van der Waals surface area contributed by atoms with Crippen LogP contribution in [0.4, 0.5) is 0 Å². The Morgan fingerprint density at radius 2 is 2.16 bits per heavy atom. The summed E-state index contributed by atoms with van der Waals surface area (Å²) in [5.41, 5.74) is 7.08. The van der Waals surface area contributed by atoms with Gasteiger partial charge in [-0.2, -0.15) is 0 Å². The number of thiocarbonyl (C=S) groups is 1. The Hall–Kier alpha value is -0.970. The van der Waals surface area contributed by atoms with Gasteiger partial charge in [-0.1, -0.05) is 49.5 Å². The number of hydrogen-bond donors (Lipinski definition) is 2. The first-order chi connectivity index (χ1) is 9.08. The van der Waals surface area contributed by atoms with E-state index in [-0.39, 0.29) is 12.0 Å². The van der Waals surface area contributed by atoms with Crippen molar-refractivity contribution in [3.05, 3.63) is 35.9 Å². The Balaban J connectivity index is 2.04. The van der Waals surface area contributed by atoms with E-state index < -0.39 is 0 Å². The molecule has 3 atom stereocenters. The van der Waals surface area contributed by atoms with Crippen LogP contribution in [0, 0.1) is 5.92 Å². The highest BCUT2D eigenvalue weighted by molar-refractivity contribution is 7.80. The van der Waals surface area contributed by atoms with Gasteiger partial charge < -0.3 is 15.7 Å². The van der Waals surface area contributed by atoms with Crippen LogP contribution >= 0.6 is 12.2 Å². The Labute approximate surface area is 120 Å². The van der Waals surface area contributed by atoms with Crippen molar-refractivity contribution in [2.75, 3.05) is 19.6 Å². The second-order valence-electron chi connectivity index (χ2n) is 5.46. The van der Waals surface area contributed by atoms with Crippen molar-refractivity contribution in [3.8, 4) is 0 Å². The van der Waals surface area contributed by atoms with Gasteiger partial charge in [0.1, 0.15) is 0 Å². The zero-order valence-electron chi connectivity index (χ0n) is 11.3. The van der Waals surface area contributed by atoms with Gasteiger partial charge in [0.15, 0.2) is 0 Å². The molecule has 3 nitrogen and oxygen atoms in total. The molecule has 1 aliphatic rings. The molecule has 1 saturated heterocycles. The van der Waals surface area contributed by atoms with Crippen LogP contribution in [-0.2, 0) is 0 Å². The molecule has 0 bridgehead atoms. The summed E-state index contributed by atoms with van der Waals surface area (Å²) in [6, 6.07) is 10.2. The van der Waals surface area contributed by atoms with Gasteiger partial charge in [0.25, 0.3) is 0 Å². The van der Waals surface area contributed by atoms with Crippen molar-refractivity contribution in [1.29, 1.82) is 0 Å². The molecule has 3 unspecified atom stereocenters. The summed E-state index contributed by atoms with van der Waals surface area (Å²) < 4.78 is 0. The van der Waals surface area contributed by atoms with Gasteiger partial charge in [-0.3, -0.25) is 0 Å². The van der Waals surface area contributed by atoms with Crippen LogP contribution in [0.3, 0.4) is 0 Å². The molecule has 0 spiro atoms. The largest absolute Gasteiger partial charge is 0.393 e. The molecule has 0 aromatic heterocycles. The first-order valence-electron chi connectivity index (χ1n) is 6.82. The fraction of sp³-hybridized carbons (Fsp3) is 0.533. The molecule has 1 fully saturated rings. The van der Waals surface area contributed by atoms with E-state index >= 15 is 0 Å². The van der Waals surface area contributed by atoms with Crippen molar-refractivity contribution in [1.82, 2.24) is 4.90 Å². The maximum Gasteiger partial charge on any atom is 0.0816 e. The van der Waals surface area contributed by atoms with Crippen LogP contribution in [0.15, 0.2) is 30.3 Å². The molecule has 0 radical (unpaired) electrons. The zero-order valence-corrected chi connectivity index (χ0v) is 12.1. The van der Waals surface area contributed by atoms with Gasteiger partial charge in [0.2, 0.25) is 0 Å². The van der Waals surface area contributed by atoms with Gasteiger partial charge in [0, 0.05) is 25.6 Å². The number of aliphatic hydroxyl groups excluding tert-OH is 1. The molecule has 0 amide bonds. The smallest absolute Gasteiger partial charge is 0.0816 e. The third-order valence-corrected chi connectivity index (χ3v) is 4.21. The first kappa shape index (κ1) is 14.4. The molecule has 1 heterocycles. The summed E-state index contributed by atoms with van der Waals surface area (Å²) in [6.45, 7) is 4.76. The third-order valence-electron chi connectivity index (χ3n) is 3.93. The van der Waals surface area contributed by atoms with Crippen LogP contribution in [0.5, 0.6) is 0 Å². The number of benzene rings is 1. The number of nitrogens with zero attached hydrogens (tertiary/aromatic N) is 1. The molecule has 104 valence electrons. The first-order valence-corrected chi connectivity index (χ1v) is 7.23. The lowest BCUT2D eigenvalue weighted by molar-refractivity contribution is 0.0347. The number of nitrogens with two attached hydrogens (primary N) is 1. The summed E-state index contributed by atoms with van der Waals surface area (Å²) in [5, 5.41) is 9.78. The van der Waals surface area contributed by atoms with Crippen LogP contribution in [-0.4, -0.2) is 40.7 Å². The summed E-state index contributed by atoms with van der Waals surface area (Å²) in [5.74, 6) is 0.412. The number of hydrogen-bond acceptors (Lipinski definition) is 3. The van der Waals surface area contributed by atoms with Gasteiger partial charge in [-0.15, -0.1) is 0 Å². The van der Waals surface area contributed by atoms with E-state index in [0.717, 1.165) is 26.1 Å². The minimum absolute atomic E-state index is 0.0960. The number of likely N-dealkylation sites (tertiary alicyclic amines) is 1. The molecule has 0 aliphatic carbocycles. The molecule has 1 aliphatic heterocycles. The predicted octanol–water partition coefficient (Wildman–Crippen LogP) is 1.76. The lowest BCUT2D eigenvalue weighted by atomic mass is 9.93. The van der Waals surface area contributed by atoms with Crippen LogP contribution < -0.4 is 5.73 Å². The fourth-order valence-corrected chi connectivity index (χ4v) is 2.90. The van der Waals surface area contributed by atoms with E-state index in [2.05, 4.69) is 24.0 Å². The quantitative estimate of drug-likeness (QED) is 0.824. The van der Waals surface area contributed by atoms with Crippen molar-refractivity contribution in [3.63, 3.8) is 0 Å². The Bertz CT molecular complexity index is 423. The van der Waals surface area contributed by atoms with Gasteiger partial charge in [-0.25, -0.2) is 0 Å². The lowest BCUT2D eigenvalue weighted by Crippen LogP contribution is -2.44. The Morgan fingerprint density at radius 3 is 2.74 bits per heavy atom. The SMILES string of the molecule is CC1CN(CC(C(N)=S)c2ccccc2)CCC1O. The van der Waals surface area contributed by atoms with Crippen molar-refractivity contribution in [2.24, 2.45) is 11.7 Å². The Morgan fingerprint density at radius 1 is 1.47 bits per heavy atom. The summed E-state index contributed by atoms with van der Waals surface area (Å²) in [7, 11) is 0. The Kier molecular flexibility index (Phi) is 4.91. The molecule has 19 heavy (non-hydrogen) atoms. The summed E-state index contributed by atoms with van der Waals surface area (Å²) in [4.78, 5) is 2.90. The second kappa shape index (κ2) is 6.46. The van der Waals surface area contributed by atoms with Crippen LogP contribution in [0.1, 0.15) is 24.8 Å². The third kappa shape index (κ3) is 3.75. The molecule has 0 saturated carbocycles. The number of rotatable bonds is 4. The summed E-state index contributed by atoms with van der Waals surface area (Å²) >= 11 is 5.22. The van der Waals surface area contributed by atoms with Crippen LogP contribution in [0.2, 0.25) is 0 Å². The minimum Gasteiger partial charge on any atom is -0.393 e. The van der Waals surface area contributed by atoms with Crippen molar-refractivity contribution >= 4 is 17.2 Å². The zero-order chi connectivity index (χ0) is 13.8. The van der Waals surface area contributed by atoms with E-state index in [4.69, 9.17) is 18.0 Å². The van der Waals surface area contributed by atoms with Crippen LogP contribution in [0.25, 0.3) is 0 Å². The average molecular weight is 278 g/mol. The molecule has 2 rings (SSSR count). The molecule has 1 aromatic rings. The highest BCUT2D eigenvalue weighted by Crippen LogP contribution is 2.22. The monoisotopic (exact) mass is 278 g/mol. The van der Waals surface area contributed by atoms with Gasteiger partial charge >= 0.3 is 0 Å². The van der Waals surface area contributed by atoms with E-state index in [9.17, 15) is 5.11 Å². The van der Waals surface area contributed by atoms with Crippen molar-refractivity contribution < 1.29 is 5.11 Å². The van der Waals surface area contributed by atoms with Gasteiger partial charge in [-0.05, 0) is 17.9 Å². The molecule has 3 N–H and O–H groups in total. The average Bonchev–Trinajstić information content (AvgIpc) is 2.40. The standard InChI is InChI=1S/C15H22N2OS/c1-11-9-17(8-7-14(11)18)10-13(15(16)19)12-5-3-2-4-6-12/h2-6,11,13-14,18H,7-10H2,1H3,(H2,16,19). The number of aliphatic hydroxyl groups is 1. The topological polar surface area (TPSA) is 49.5 Å². The number of piperidine rings is 1. The molecule has 4 heteroatoms. The maximum absolute atomic E-state index is 9.78. The maximum atomic E-state index is 9.78. The van der Waals surface area contributed by atoms with E-state index in [1.807, 2.05) is 18.2 Å². The predicted molar refractivity (Wildman–Crippen MR) is 82.2 cm³/mol. The molecule has 1 aromatic carbocycles. The summed E-state index contributed by atoms with van der Waals surface area (Å²) in [6.07, 6.45) is 0.663. The highest BCUT2D eigenvalue weighted by Gasteiger charge is 2.27. The molecular weight excluding hydrogens is 256 g/mol. The van der Waals surface area contributed by atoms with E-state index in [1.165, 1.54) is 5.56 Å². The highest BCUT2D eigenvalue weighted by atomic mass is 32.1. The fourth-order valence-electron chi connectivity index (χ4n) is 2.69. The lowest BCUT2D eigenvalue weighted by Gasteiger charge is -2.36.